The lowest BCUT2D eigenvalue weighted by atomic mass is 10.3. The summed E-state index contributed by atoms with van der Waals surface area (Å²) in [5, 5.41) is 8.38. The second-order valence-corrected chi connectivity index (χ2v) is 5.36. The number of anilines is 1. The predicted octanol–water partition coefficient (Wildman–Crippen LogP) is 1.89. The number of carbonyl (C=O) groups excluding carboxylic acids is 2. The summed E-state index contributed by atoms with van der Waals surface area (Å²) in [5.74, 6) is -0.379. The van der Waals surface area contributed by atoms with Gasteiger partial charge in [0.15, 0.2) is 0 Å². The lowest BCUT2D eigenvalue weighted by Crippen LogP contribution is -2.46. The third-order valence-corrected chi connectivity index (χ3v) is 3.15. The van der Waals surface area contributed by atoms with E-state index in [1.165, 1.54) is 0 Å². The van der Waals surface area contributed by atoms with Gasteiger partial charge in [-0.25, -0.2) is 0 Å². The van der Waals surface area contributed by atoms with Gasteiger partial charge in [0, 0.05) is 16.7 Å². The molecule has 0 unspecified atom stereocenters. The van der Waals surface area contributed by atoms with Crippen LogP contribution in [0, 0.1) is 0 Å². The van der Waals surface area contributed by atoms with Gasteiger partial charge in [0.25, 0.3) is 0 Å². The van der Waals surface area contributed by atoms with Gasteiger partial charge in [0.2, 0.25) is 11.8 Å². The van der Waals surface area contributed by atoms with Crippen LogP contribution in [0.15, 0.2) is 28.7 Å². The molecule has 0 fully saturated rings. The first kappa shape index (κ1) is 16.5. The van der Waals surface area contributed by atoms with Crippen molar-refractivity contribution < 1.29 is 9.59 Å². The van der Waals surface area contributed by atoms with Crippen LogP contribution in [0.4, 0.5) is 5.69 Å². The molecule has 5 nitrogen and oxygen atoms in total. The molecule has 2 amide bonds. The summed E-state index contributed by atoms with van der Waals surface area (Å²) < 4.78 is 0.980. The van der Waals surface area contributed by atoms with Crippen molar-refractivity contribution in [2.45, 2.75) is 26.3 Å². The summed E-state index contributed by atoms with van der Waals surface area (Å²) in [7, 11) is 0. The summed E-state index contributed by atoms with van der Waals surface area (Å²) in [6, 6.07) is 6.99. The molecule has 3 N–H and O–H groups in total. The quantitative estimate of drug-likeness (QED) is 0.709. The molecule has 0 bridgehead atoms. The molecule has 0 saturated carbocycles. The molecule has 1 rings (SSSR count). The van der Waals surface area contributed by atoms with Crippen molar-refractivity contribution in [3.05, 3.63) is 28.7 Å². The Morgan fingerprint density at radius 3 is 2.50 bits per heavy atom. The van der Waals surface area contributed by atoms with Crippen LogP contribution in [-0.4, -0.2) is 30.9 Å². The number of amides is 2. The zero-order chi connectivity index (χ0) is 15.0. The Morgan fingerprint density at radius 1 is 1.25 bits per heavy atom. The molecule has 0 spiro atoms. The van der Waals surface area contributed by atoms with Gasteiger partial charge in [-0.15, -0.1) is 0 Å². The first-order valence-corrected chi connectivity index (χ1v) is 7.38. The normalized spacial score (nSPS) is 11.6. The summed E-state index contributed by atoms with van der Waals surface area (Å²) in [6.45, 7) is 4.40. The highest BCUT2D eigenvalue weighted by atomic mass is 79.9. The Hall–Kier alpha value is -1.56. The van der Waals surface area contributed by atoms with Crippen molar-refractivity contribution in [2.75, 3.05) is 18.4 Å². The highest BCUT2D eigenvalue weighted by Gasteiger charge is 2.14. The molecule has 0 heterocycles. The van der Waals surface area contributed by atoms with Crippen LogP contribution in [-0.2, 0) is 9.59 Å². The molecule has 1 aromatic rings. The van der Waals surface area contributed by atoms with Gasteiger partial charge in [-0.3, -0.25) is 9.59 Å². The Balaban J connectivity index is 2.32. The standard InChI is InChI=1S/C14H20BrN3O2/c1-3-8-16-14(20)10(2)18-13(19)9-17-12-6-4-11(15)5-7-12/h4-7,10,17H,3,8-9H2,1-2H3,(H,16,20)(H,18,19)/t10-/m0/s1. The van der Waals surface area contributed by atoms with Crippen LogP contribution in [0.5, 0.6) is 0 Å². The average Bonchev–Trinajstić information content (AvgIpc) is 2.44. The van der Waals surface area contributed by atoms with Gasteiger partial charge < -0.3 is 16.0 Å². The van der Waals surface area contributed by atoms with E-state index >= 15 is 0 Å². The molecular weight excluding hydrogens is 322 g/mol. The molecule has 0 aliphatic heterocycles. The largest absolute Gasteiger partial charge is 0.376 e. The van der Waals surface area contributed by atoms with E-state index in [0.717, 1.165) is 16.6 Å². The van der Waals surface area contributed by atoms with E-state index in [2.05, 4.69) is 31.9 Å². The van der Waals surface area contributed by atoms with Gasteiger partial charge >= 0.3 is 0 Å². The maximum Gasteiger partial charge on any atom is 0.242 e. The predicted molar refractivity (Wildman–Crippen MR) is 83.5 cm³/mol. The minimum atomic E-state index is -0.527. The fourth-order valence-electron chi connectivity index (χ4n) is 1.51. The van der Waals surface area contributed by atoms with Crippen molar-refractivity contribution >= 4 is 33.4 Å². The second-order valence-electron chi connectivity index (χ2n) is 4.44. The fourth-order valence-corrected chi connectivity index (χ4v) is 1.77. The number of rotatable bonds is 7. The van der Waals surface area contributed by atoms with E-state index in [-0.39, 0.29) is 18.4 Å². The Morgan fingerprint density at radius 2 is 1.90 bits per heavy atom. The van der Waals surface area contributed by atoms with E-state index in [0.29, 0.717) is 6.54 Å². The minimum absolute atomic E-state index is 0.132. The molecule has 1 atom stereocenters. The number of hydrogen-bond acceptors (Lipinski definition) is 3. The summed E-state index contributed by atoms with van der Waals surface area (Å²) in [5.41, 5.74) is 0.853. The van der Waals surface area contributed by atoms with Gasteiger partial charge in [0.1, 0.15) is 6.04 Å². The van der Waals surface area contributed by atoms with E-state index in [1.807, 2.05) is 31.2 Å². The minimum Gasteiger partial charge on any atom is -0.376 e. The van der Waals surface area contributed by atoms with Gasteiger partial charge in [0.05, 0.1) is 6.54 Å². The molecule has 110 valence electrons. The first-order chi connectivity index (χ1) is 9.52. The zero-order valence-electron chi connectivity index (χ0n) is 11.7. The Labute approximate surface area is 127 Å². The smallest absolute Gasteiger partial charge is 0.242 e. The van der Waals surface area contributed by atoms with E-state index in [9.17, 15) is 9.59 Å². The Kier molecular flexibility index (Phi) is 7.08. The number of benzene rings is 1. The molecule has 20 heavy (non-hydrogen) atoms. The zero-order valence-corrected chi connectivity index (χ0v) is 13.3. The number of nitrogens with one attached hydrogen (secondary N) is 3. The Bertz CT molecular complexity index is 448. The van der Waals surface area contributed by atoms with Crippen LogP contribution in [0.2, 0.25) is 0 Å². The highest BCUT2D eigenvalue weighted by Crippen LogP contribution is 2.13. The van der Waals surface area contributed by atoms with E-state index in [1.54, 1.807) is 6.92 Å². The fraction of sp³-hybridized carbons (Fsp3) is 0.429. The summed E-state index contributed by atoms with van der Waals surface area (Å²) >= 11 is 3.34. The molecule has 0 aliphatic rings. The number of hydrogen-bond donors (Lipinski definition) is 3. The van der Waals surface area contributed by atoms with E-state index in [4.69, 9.17) is 0 Å². The monoisotopic (exact) mass is 341 g/mol. The van der Waals surface area contributed by atoms with Crippen LogP contribution < -0.4 is 16.0 Å². The van der Waals surface area contributed by atoms with Crippen molar-refractivity contribution in [3.63, 3.8) is 0 Å². The maximum atomic E-state index is 11.7. The molecule has 6 heteroatoms. The van der Waals surface area contributed by atoms with Crippen molar-refractivity contribution in [1.29, 1.82) is 0 Å². The molecule has 0 aromatic heterocycles. The summed E-state index contributed by atoms with van der Waals surface area (Å²) in [4.78, 5) is 23.3. The maximum absolute atomic E-state index is 11.7. The average molecular weight is 342 g/mol. The topological polar surface area (TPSA) is 70.2 Å². The van der Waals surface area contributed by atoms with E-state index < -0.39 is 6.04 Å². The van der Waals surface area contributed by atoms with Crippen molar-refractivity contribution in [2.24, 2.45) is 0 Å². The molecular formula is C14H20BrN3O2. The van der Waals surface area contributed by atoms with Crippen LogP contribution in [0.1, 0.15) is 20.3 Å². The molecule has 1 aromatic carbocycles. The van der Waals surface area contributed by atoms with Crippen LogP contribution in [0.25, 0.3) is 0 Å². The van der Waals surface area contributed by atoms with Gasteiger partial charge in [-0.1, -0.05) is 22.9 Å². The number of halogens is 1. The lowest BCUT2D eigenvalue weighted by molar-refractivity contribution is -0.127. The second kappa shape index (κ2) is 8.58. The van der Waals surface area contributed by atoms with Crippen molar-refractivity contribution in [1.82, 2.24) is 10.6 Å². The first-order valence-electron chi connectivity index (χ1n) is 6.59. The van der Waals surface area contributed by atoms with Crippen molar-refractivity contribution in [3.8, 4) is 0 Å². The van der Waals surface area contributed by atoms with Crippen LogP contribution in [0.3, 0.4) is 0 Å². The SMILES string of the molecule is CCCNC(=O)[C@H](C)NC(=O)CNc1ccc(Br)cc1. The van der Waals surface area contributed by atoms with Gasteiger partial charge in [-0.2, -0.15) is 0 Å². The number of carbonyl (C=O) groups is 2. The molecule has 0 radical (unpaired) electrons. The van der Waals surface area contributed by atoms with Crippen LogP contribution >= 0.6 is 15.9 Å². The highest BCUT2D eigenvalue weighted by molar-refractivity contribution is 9.10. The third-order valence-electron chi connectivity index (χ3n) is 2.62. The lowest BCUT2D eigenvalue weighted by Gasteiger charge is -2.14. The third kappa shape index (κ3) is 6.06. The summed E-state index contributed by atoms with van der Waals surface area (Å²) in [6.07, 6.45) is 0.873. The van der Waals surface area contributed by atoms with Gasteiger partial charge in [-0.05, 0) is 37.6 Å². The molecule has 0 saturated heterocycles. The molecule has 0 aliphatic carbocycles.